The zero-order valence-corrected chi connectivity index (χ0v) is 12.0. The highest BCUT2D eigenvalue weighted by Crippen LogP contribution is 2.42. The van der Waals surface area contributed by atoms with Crippen molar-refractivity contribution in [2.24, 2.45) is 0 Å². The van der Waals surface area contributed by atoms with Crippen LogP contribution in [0, 0.1) is 0 Å². The van der Waals surface area contributed by atoms with E-state index in [9.17, 15) is 4.79 Å². The van der Waals surface area contributed by atoms with E-state index in [0.717, 1.165) is 5.56 Å². The van der Waals surface area contributed by atoms with Gasteiger partial charge in [0.2, 0.25) is 0 Å². The Kier molecular flexibility index (Phi) is 4.29. The first-order valence-electron chi connectivity index (χ1n) is 6.34. The highest BCUT2D eigenvalue weighted by molar-refractivity contribution is 5.89. The molecule has 2 atom stereocenters. The number of rotatable bonds is 6. The van der Waals surface area contributed by atoms with Gasteiger partial charge < -0.3 is 19.1 Å². The molecule has 1 fully saturated rings. The molecule has 0 aromatic heterocycles. The molecule has 0 aliphatic carbocycles. The van der Waals surface area contributed by atoms with Crippen LogP contribution in [0.1, 0.15) is 11.6 Å². The molecule has 1 heterocycles. The van der Waals surface area contributed by atoms with Gasteiger partial charge in [0.1, 0.15) is 11.5 Å². The summed E-state index contributed by atoms with van der Waals surface area (Å²) in [4.78, 5) is 13.7. The number of amides is 1. The number of carbonyl (C=O) groups is 1. The van der Waals surface area contributed by atoms with Crippen LogP contribution in [0.3, 0.4) is 0 Å². The fourth-order valence-corrected chi connectivity index (χ4v) is 2.49. The number of nitrogens with zero attached hydrogens (tertiary/aromatic N) is 1. The zero-order chi connectivity index (χ0) is 14.7. The summed E-state index contributed by atoms with van der Waals surface area (Å²) >= 11 is 0. The summed E-state index contributed by atoms with van der Waals surface area (Å²) in [5.74, 6) is 1.38. The molecule has 5 heteroatoms. The number of benzene rings is 1. The first-order chi connectivity index (χ1) is 9.67. The predicted octanol–water partition coefficient (Wildman–Crippen LogP) is 1.79. The topological polar surface area (TPSA) is 48.0 Å². The molecule has 1 aliphatic heterocycles. The van der Waals surface area contributed by atoms with Gasteiger partial charge in [-0.15, -0.1) is 6.58 Å². The second-order valence-electron chi connectivity index (χ2n) is 4.49. The number of β-lactam (4-membered cyclic amide) rings is 1. The van der Waals surface area contributed by atoms with E-state index in [1.165, 1.54) is 7.11 Å². The molecule has 1 aliphatic rings. The Hall–Kier alpha value is -2.01. The number of likely N-dealkylation sites (tertiary alicyclic amines) is 1. The van der Waals surface area contributed by atoms with Gasteiger partial charge in [-0.1, -0.05) is 6.08 Å². The van der Waals surface area contributed by atoms with E-state index in [1.54, 1.807) is 25.2 Å². The van der Waals surface area contributed by atoms with Gasteiger partial charge in [0.25, 0.3) is 5.91 Å². The monoisotopic (exact) mass is 277 g/mol. The van der Waals surface area contributed by atoms with Gasteiger partial charge in [-0.3, -0.25) is 4.79 Å². The minimum atomic E-state index is -0.490. The van der Waals surface area contributed by atoms with Crippen molar-refractivity contribution >= 4 is 5.91 Å². The van der Waals surface area contributed by atoms with Crippen LogP contribution in [-0.4, -0.2) is 44.8 Å². The SMILES string of the molecule is C=CCN1C(=O)[C@@H](OC)[C@H]1c1cc(OC)ccc1OC. The lowest BCUT2D eigenvalue weighted by Gasteiger charge is -2.46. The number of carbonyl (C=O) groups excluding carboxylic acids is 1. The van der Waals surface area contributed by atoms with E-state index >= 15 is 0 Å². The molecular formula is C15H19NO4. The van der Waals surface area contributed by atoms with Crippen molar-refractivity contribution in [3.63, 3.8) is 0 Å². The van der Waals surface area contributed by atoms with E-state index in [1.807, 2.05) is 18.2 Å². The summed E-state index contributed by atoms with van der Waals surface area (Å²) < 4.78 is 15.9. The Morgan fingerprint density at radius 2 is 2.05 bits per heavy atom. The van der Waals surface area contributed by atoms with E-state index in [0.29, 0.717) is 18.0 Å². The Morgan fingerprint density at radius 1 is 1.30 bits per heavy atom. The summed E-state index contributed by atoms with van der Waals surface area (Å²) in [5.41, 5.74) is 0.875. The fraction of sp³-hybridized carbons (Fsp3) is 0.400. The van der Waals surface area contributed by atoms with Crippen molar-refractivity contribution in [1.82, 2.24) is 4.90 Å². The van der Waals surface area contributed by atoms with Crippen LogP contribution in [0.4, 0.5) is 0 Å². The summed E-state index contributed by atoms with van der Waals surface area (Å²) in [7, 11) is 4.74. The Bertz CT molecular complexity index is 515. The van der Waals surface area contributed by atoms with Gasteiger partial charge >= 0.3 is 0 Å². The lowest BCUT2D eigenvalue weighted by atomic mass is 9.89. The molecule has 0 saturated carbocycles. The smallest absolute Gasteiger partial charge is 0.255 e. The second kappa shape index (κ2) is 5.96. The maximum Gasteiger partial charge on any atom is 0.255 e. The molecule has 5 nitrogen and oxygen atoms in total. The van der Waals surface area contributed by atoms with E-state index in [2.05, 4.69) is 6.58 Å². The van der Waals surface area contributed by atoms with Gasteiger partial charge in [0.15, 0.2) is 6.10 Å². The van der Waals surface area contributed by atoms with Crippen LogP contribution in [0.5, 0.6) is 11.5 Å². The van der Waals surface area contributed by atoms with Crippen molar-refractivity contribution < 1.29 is 19.0 Å². The molecule has 0 radical (unpaired) electrons. The van der Waals surface area contributed by atoms with Gasteiger partial charge in [0.05, 0.1) is 20.3 Å². The fourth-order valence-electron chi connectivity index (χ4n) is 2.49. The number of hydrogen-bond donors (Lipinski definition) is 0. The summed E-state index contributed by atoms with van der Waals surface area (Å²) in [6, 6.07) is 5.34. The number of hydrogen-bond acceptors (Lipinski definition) is 4. The molecule has 20 heavy (non-hydrogen) atoms. The molecule has 1 aromatic carbocycles. The van der Waals surface area contributed by atoms with Crippen molar-refractivity contribution in [1.29, 1.82) is 0 Å². The molecule has 108 valence electrons. The molecular weight excluding hydrogens is 258 g/mol. The molecule has 0 bridgehead atoms. The third kappa shape index (κ3) is 2.25. The van der Waals surface area contributed by atoms with Crippen molar-refractivity contribution in [2.75, 3.05) is 27.9 Å². The minimum absolute atomic E-state index is 0.0396. The quantitative estimate of drug-likeness (QED) is 0.587. The van der Waals surface area contributed by atoms with Gasteiger partial charge in [0, 0.05) is 19.2 Å². The largest absolute Gasteiger partial charge is 0.497 e. The Morgan fingerprint density at radius 3 is 2.60 bits per heavy atom. The Balaban J connectivity index is 2.41. The molecule has 1 aromatic rings. The maximum atomic E-state index is 12.0. The molecule has 1 amide bonds. The summed E-state index contributed by atoms with van der Waals surface area (Å²) in [5, 5.41) is 0. The van der Waals surface area contributed by atoms with Crippen LogP contribution in [0.25, 0.3) is 0 Å². The van der Waals surface area contributed by atoms with Crippen LogP contribution < -0.4 is 9.47 Å². The minimum Gasteiger partial charge on any atom is -0.497 e. The van der Waals surface area contributed by atoms with Crippen molar-refractivity contribution in [3.05, 3.63) is 36.4 Å². The zero-order valence-electron chi connectivity index (χ0n) is 12.0. The first-order valence-corrected chi connectivity index (χ1v) is 6.34. The summed E-state index contributed by atoms with van der Waals surface area (Å²) in [6.45, 7) is 4.16. The maximum absolute atomic E-state index is 12.0. The molecule has 0 unspecified atom stereocenters. The van der Waals surface area contributed by atoms with Crippen LogP contribution in [0.15, 0.2) is 30.9 Å². The van der Waals surface area contributed by atoms with Gasteiger partial charge in [-0.05, 0) is 18.2 Å². The van der Waals surface area contributed by atoms with Crippen molar-refractivity contribution in [3.8, 4) is 11.5 Å². The highest BCUT2D eigenvalue weighted by atomic mass is 16.5. The summed E-state index contributed by atoms with van der Waals surface area (Å²) in [6.07, 6.45) is 1.21. The number of methoxy groups -OCH3 is 3. The molecule has 0 spiro atoms. The van der Waals surface area contributed by atoms with Crippen molar-refractivity contribution in [2.45, 2.75) is 12.1 Å². The molecule has 1 saturated heterocycles. The average Bonchev–Trinajstić information content (AvgIpc) is 2.49. The van der Waals surface area contributed by atoms with E-state index < -0.39 is 6.10 Å². The molecule has 0 N–H and O–H groups in total. The van der Waals surface area contributed by atoms with Crippen LogP contribution in [0.2, 0.25) is 0 Å². The highest BCUT2D eigenvalue weighted by Gasteiger charge is 2.49. The van der Waals surface area contributed by atoms with Gasteiger partial charge in [-0.2, -0.15) is 0 Å². The van der Waals surface area contributed by atoms with Crippen LogP contribution in [-0.2, 0) is 9.53 Å². The normalized spacial score (nSPS) is 21.4. The van der Waals surface area contributed by atoms with Crippen LogP contribution >= 0.6 is 0 Å². The second-order valence-corrected chi connectivity index (χ2v) is 4.49. The van der Waals surface area contributed by atoms with E-state index in [-0.39, 0.29) is 11.9 Å². The Labute approximate surface area is 118 Å². The third-order valence-corrected chi connectivity index (χ3v) is 3.48. The number of ether oxygens (including phenoxy) is 3. The van der Waals surface area contributed by atoms with Gasteiger partial charge in [-0.25, -0.2) is 0 Å². The molecule has 2 rings (SSSR count). The standard InChI is InChI=1S/C15H19NO4/c1-5-8-16-13(14(20-4)15(16)17)11-9-10(18-2)6-7-12(11)19-3/h5-7,9,13-14H,1,8H2,2-4H3/t13-,14+/m1/s1. The lowest BCUT2D eigenvalue weighted by molar-refractivity contribution is -0.169. The third-order valence-electron chi connectivity index (χ3n) is 3.48. The van der Waals surface area contributed by atoms with E-state index in [4.69, 9.17) is 14.2 Å². The average molecular weight is 277 g/mol. The predicted molar refractivity (Wildman–Crippen MR) is 75.0 cm³/mol. The first kappa shape index (κ1) is 14.4. The lowest BCUT2D eigenvalue weighted by Crippen LogP contribution is -2.59.